The first-order valence-electron chi connectivity index (χ1n) is 8.04. The van der Waals surface area contributed by atoms with Crippen LogP contribution in [0.15, 0.2) is 35.9 Å². The highest BCUT2D eigenvalue weighted by molar-refractivity contribution is 5.40. The third kappa shape index (κ3) is 2.76. The first kappa shape index (κ1) is 13.7. The van der Waals surface area contributed by atoms with Gasteiger partial charge < -0.3 is 10.1 Å². The van der Waals surface area contributed by atoms with E-state index in [-0.39, 0.29) is 0 Å². The summed E-state index contributed by atoms with van der Waals surface area (Å²) in [6, 6.07) is 9.07. The van der Waals surface area contributed by atoms with Crippen molar-refractivity contribution < 1.29 is 4.74 Å². The lowest BCUT2D eigenvalue weighted by Gasteiger charge is -2.34. The molecule has 0 saturated carbocycles. The third-order valence-corrected chi connectivity index (χ3v) is 4.50. The zero-order valence-corrected chi connectivity index (χ0v) is 12.4. The zero-order valence-electron chi connectivity index (χ0n) is 12.4. The van der Waals surface area contributed by atoms with Gasteiger partial charge in [-0.2, -0.15) is 0 Å². The van der Waals surface area contributed by atoms with Gasteiger partial charge in [0.05, 0.1) is 6.61 Å². The Bertz CT molecular complexity index is 480. The second-order valence-electron chi connectivity index (χ2n) is 5.88. The molecular weight excluding hydrogens is 246 g/mol. The normalized spacial score (nSPS) is 22.9. The van der Waals surface area contributed by atoms with Crippen molar-refractivity contribution in [1.82, 2.24) is 5.32 Å². The Labute approximate surface area is 122 Å². The highest BCUT2D eigenvalue weighted by atomic mass is 16.5. The maximum Gasteiger partial charge on any atom is 0.122 e. The smallest absolute Gasteiger partial charge is 0.122 e. The summed E-state index contributed by atoms with van der Waals surface area (Å²) in [4.78, 5) is 0. The molecule has 2 heteroatoms. The van der Waals surface area contributed by atoms with Crippen LogP contribution in [0, 0.1) is 0 Å². The van der Waals surface area contributed by atoms with E-state index in [1.807, 2.05) is 0 Å². The predicted molar refractivity (Wildman–Crippen MR) is 83.3 cm³/mol. The number of para-hydroxylation sites is 1. The molecule has 0 spiro atoms. The van der Waals surface area contributed by atoms with Crippen LogP contribution in [-0.4, -0.2) is 19.2 Å². The molecule has 3 rings (SSSR count). The molecule has 2 unspecified atom stereocenters. The first-order valence-corrected chi connectivity index (χ1v) is 8.04. The lowest BCUT2D eigenvalue weighted by molar-refractivity contribution is 0.251. The number of allylic oxidation sites excluding steroid dienone is 1. The monoisotopic (exact) mass is 271 g/mol. The molecule has 1 aromatic rings. The van der Waals surface area contributed by atoms with Crippen molar-refractivity contribution in [3.8, 4) is 5.75 Å². The number of hydrogen-bond acceptors (Lipinski definition) is 2. The Morgan fingerprint density at radius 2 is 2.25 bits per heavy atom. The fourth-order valence-electron chi connectivity index (χ4n) is 3.53. The van der Waals surface area contributed by atoms with E-state index >= 15 is 0 Å². The van der Waals surface area contributed by atoms with E-state index in [1.54, 1.807) is 5.57 Å². The van der Waals surface area contributed by atoms with Gasteiger partial charge in [0.25, 0.3) is 0 Å². The molecule has 1 aromatic carbocycles. The van der Waals surface area contributed by atoms with Gasteiger partial charge in [0.2, 0.25) is 0 Å². The summed E-state index contributed by atoms with van der Waals surface area (Å²) >= 11 is 0. The summed E-state index contributed by atoms with van der Waals surface area (Å²) in [7, 11) is 0. The van der Waals surface area contributed by atoms with Crippen LogP contribution in [-0.2, 0) is 0 Å². The highest BCUT2D eigenvalue weighted by Crippen LogP contribution is 2.39. The molecule has 0 fully saturated rings. The van der Waals surface area contributed by atoms with Crippen molar-refractivity contribution in [1.29, 1.82) is 0 Å². The number of rotatable bonds is 5. The van der Waals surface area contributed by atoms with Gasteiger partial charge >= 0.3 is 0 Å². The molecule has 1 heterocycles. The number of ether oxygens (including phenoxy) is 1. The van der Waals surface area contributed by atoms with Crippen LogP contribution in [0.4, 0.5) is 0 Å². The molecule has 0 saturated heterocycles. The van der Waals surface area contributed by atoms with Crippen LogP contribution < -0.4 is 10.1 Å². The largest absolute Gasteiger partial charge is 0.493 e. The van der Waals surface area contributed by atoms with Crippen molar-refractivity contribution in [2.45, 2.75) is 51.0 Å². The number of nitrogens with one attached hydrogen (secondary N) is 1. The molecule has 1 N–H and O–H groups in total. The fraction of sp³-hybridized carbons (Fsp3) is 0.556. The van der Waals surface area contributed by atoms with E-state index < -0.39 is 0 Å². The molecule has 20 heavy (non-hydrogen) atoms. The molecule has 108 valence electrons. The average Bonchev–Trinajstić information content (AvgIpc) is 3.02. The average molecular weight is 271 g/mol. The van der Waals surface area contributed by atoms with Crippen LogP contribution in [0.5, 0.6) is 5.75 Å². The maximum atomic E-state index is 5.82. The van der Waals surface area contributed by atoms with Crippen LogP contribution in [0.25, 0.3) is 0 Å². The minimum Gasteiger partial charge on any atom is -0.493 e. The number of benzene rings is 1. The Morgan fingerprint density at radius 1 is 1.35 bits per heavy atom. The summed E-state index contributed by atoms with van der Waals surface area (Å²) < 4.78 is 5.82. The van der Waals surface area contributed by atoms with E-state index in [4.69, 9.17) is 4.74 Å². The number of hydrogen-bond donors (Lipinski definition) is 1. The molecule has 0 bridgehead atoms. The Hall–Kier alpha value is -1.28. The van der Waals surface area contributed by atoms with Gasteiger partial charge in [-0.25, -0.2) is 0 Å². The van der Waals surface area contributed by atoms with E-state index in [9.17, 15) is 0 Å². The van der Waals surface area contributed by atoms with Gasteiger partial charge in [0.1, 0.15) is 5.75 Å². The SMILES string of the molecule is CCCNC(C1=CCCC1)C1CCOc2ccccc21. The molecular formula is C18H25NO. The second kappa shape index (κ2) is 6.45. The highest BCUT2D eigenvalue weighted by Gasteiger charge is 2.31. The molecule has 2 aliphatic rings. The summed E-state index contributed by atoms with van der Waals surface area (Å²) in [5.41, 5.74) is 3.01. The second-order valence-corrected chi connectivity index (χ2v) is 5.88. The number of fused-ring (bicyclic) bond motifs is 1. The molecule has 0 aromatic heterocycles. The lowest BCUT2D eigenvalue weighted by atomic mass is 9.82. The van der Waals surface area contributed by atoms with Crippen LogP contribution in [0.1, 0.15) is 50.5 Å². The topological polar surface area (TPSA) is 21.3 Å². The third-order valence-electron chi connectivity index (χ3n) is 4.50. The lowest BCUT2D eigenvalue weighted by Crippen LogP contribution is -2.39. The van der Waals surface area contributed by atoms with E-state index in [1.165, 1.54) is 31.2 Å². The van der Waals surface area contributed by atoms with Gasteiger partial charge in [-0.3, -0.25) is 0 Å². The molecule has 0 radical (unpaired) electrons. The minimum absolute atomic E-state index is 0.502. The van der Waals surface area contributed by atoms with Gasteiger partial charge in [-0.05, 0) is 50.3 Å². The predicted octanol–water partition coefficient (Wildman–Crippen LogP) is 4.03. The summed E-state index contributed by atoms with van der Waals surface area (Å²) in [5, 5.41) is 3.80. The van der Waals surface area contributed by atoms with Gasteiger partial charge in [-0.15, -0.1) is 0 Å². The Balaban J connectivity index is 1.87. The van der Waals surface area contributed by atoms with Crippen LogP contribution >= 0.6 is 0 Å². The van der Waals surface area contributed by atoms with Crippen molar-refractivity contribution in [3.63, 3.8) is 0 Å². The van der Waals surface area contributed by atoms with Gasteiger partial charge in [-0.1, -0.05) is 36.8 Å². The van der Waals surface area contributed by atoms with Gasteiger partial charge in [0.15, 0.2) is 0 Å². The Kier molecular flexibility index (Phi) is 4.41. The summed E-state index contributed by atoms with van der Waals surface area (Å²) in [6.45, 7) is 4.19. The quantitative estimate of drug-likeness (QED) is 0.816. The minimum atomic E-state index is 0.502. The van der Waals surface area contributed by atoms with E-state index in [2.05, 4.69) is 42.6 Å². The van der Waals surface area contributed by atoms with Crippen molar-refractivity contribution in [2.24, 2.45) is 0 Å². The molecule has 0 amide bonds. The molecule has 1 aliphatic carbocycles. The Morgan fingerprint density at radius 3 is 3.05 bits per heavy atom. The van der Waals surface area contributed by atoms with Crippen molar-refractivity contribution >= 4 is 0 Å². The van der Waals surface area contributed by atoms with E-state index in [0.717, 1.165) is 25.3 Å². The molecule has 2 nitrogen and oxygen atoms in total. The first-order chi connectivity index (χ1) is 9.90. The van der Waals surface area contributed by atoms with Crippen molar-refractivity contribution in [3.05, 3.63) is 41.5 Å². The van der Waals surface area contributed by atoms with Crippen LogP contribution in [0.2, 0.25) is 0 Å². The molecule has 1 aliphatic heterocycles. The molecule has 2 atom stereocenters. The van der Waals surface area contributed by atoms with E-state index in [0.29, 0.717) is 12.0 Å². The maximum absolute atomic E-state index is 5.82. The van der Waals surface area contributed by atoms with Crippen molar-refractivity contribution in [2.75, 3.05) is 13.2 Å². The van der Waals surface area contributed by atoms with Gasteiger partial charge in [0, 0.05) is 12.0 Å². The summed E-state index contributed by atoms with van der Waals surface area (Å²) in [6.07, 6.45) is 8.62. The standard InChI is InChI=1S/C18H25NO/c1-2-12-19-18(14-7-3-4-8-14)16-11-13-20-17-10-6-5-9-15(16)17/h5-7,9-10,16,18-19H,2-4,8,11-13H2,1H3. The fourth-order valence-corrected chi connectivity index (χ4v) is 3.53. The zero-order chi connectivity index (χ0) is 13.8. The van der Waals surface area contributed by atoms with Crippen LogP contribution in [0.3, 0.4) is 0 Å². The summed E-state index contributed by atoms with van der Waals surface area (Å²) in [5.74, 6) is 1.65.